The molecule has 1 saturated heterocycles. The van der Waals surface area contributed by atoms with Crippen LogP contribution in [0.25, 0.3) is 0 Å². The van der Waals surface area contributed by atoms with Crippen LogP contribution in [0.4, 0.5) is 10.8 Å². The summed E-state index contributed by atoms with van der Waals surface area (Å²) in [6.45, 7) is 0. The molecule has 0 aliphatic carbocycles. The van der Waals surface area contributed by atoms with Gasteiger partial charge in [-0.2, -0.15) is 0 Å². The zero-order valence-corrected chi connectivity index (χ0v) is 17.6. The summed E-state index contributed by atoms with van der Waals surface area (Å²) in [4.78, 5) is 57.3. The Morgan fingerprint density at radius 2 is 2.00 bits per heavy atom. The third kappa shape index (κ3) is 5.35. The van der Waals surface area contributed by atoms with E-state index in [9.17, 15) is 19.2 Å². The molecule has 1 fully saturated rings. The Bertz CT molecular complexity index is 1030. The third-order valence-electron chi connectivity index (χ3n) is 4.04. The van der Waals surface area contributed by atoms with E-state index in [4.69, 9.17) is 16.4 Å². The van der Waals surface area contributed by atoms with Gasteiger partial charge in [0.25, 0.3) is 5.91 Å². The third-order valence-corrected chi connectivity index (χ3v) is 5.04. The Labute approximate surface area is 185 Å². The minimum Gasteiger partial charge on any atom is -0.398 e. The zero-order chi connectivity index (χ0) is 22.4. The molecule has 0 spiro atoms. The standard InChI is InChI=1S/C18H17ClN6O5S/c1-30-25-12(10-8-31-18(21-10)22-11(26)7-19)15(27)23-14-13(24-17(14)29)16(28)20-9-5-3-2-4-6-9/h2-6,8,13-14H,7H2,1H3,(H,20,28)(H,23,27)(H,24,29)(H,21,22,26). The van der Waals surface area contributed by atoms with Crippen molar-refractivity contribution in [1.29, 1.82) is 0 Å². The highest BCUT2D eigenvalue weighted by Crippen LogP contribution is 2.17. The topological polar surface area (TPSA) is 151 Å². The second-order valence-corrected chi connectivity index (χ2v) is 7.26. The molecule has 31 heavy (non-hydrogen) atoms. The number of para-hydroxylation sites is 1. The monoisotopic (exact) mass is 464 g/mol. The van der Waals surface area contributed by atoms with Gasteiger partial charge >= 0.3 is 0 Å². The molecule has 2 unspecified atom stereocenters. The largest absolute Gasteiger partial charge is 0.398 e. The van der Waals surface area contributed by atoms with E-state index in [0.717, 1.165) is 11.3 Å². The molecule has 1 aliphatic heterocycles. The fraction of sp³-hybridized carbons (Fsp3) is 0.222. The molecular weight excluding hydrogens is 448 g/mol. The number of aromatic nitrogens is 1. The number of anilines is 2. The average molecular weight is 465 g/mol. The predicted octanol–water partition coefficient (Wildman–Crippen LogP) is 0.293. The maximum atomic E-state index is 12.7. The van der Waals surface area contributed by atoms with Gasteiger partial charge in [-0.1, -0.05) is 23.4 Å². The molecule has 162 valence electrons. The molecule has 4 N–H and O–H groups in total. The summed E-state index contributed by atoms with van der Waals surface area (Å²) in [5, 5.41) is 15.4. The van der Waals surface area contributed by atoms with E-state index in [0.29, 0.717) is 5.69 Å². The first-order chi connectivity index (χ1) is 14.9. The van der Waals surface area contributed by atoms with Crippen LogP contribution in [-0.4, -0.2) is 59.4 Å². The number of oxime groups is 1. The molecule has 1 aliphatic rings. The Morgan fingerprint density at radius 3 is 2.65 bits per heavy atom. The molecule has 0 bridgehead atoms. The number of thiazole rings is 1. The number of rotatable bonds is 8. The van der Waals surface area contributed by atoms with Crippen molar-refractivity contribution in [3.05, 3.63) is 41.4 Å². The van der Waals surface area contributed by atoms with Crippen molar-refractivity contribution < 1.29 is 24.0 Å². The first kappa shape index (κ1) is 22.2. The summed E-state index contributed by atoms with van der Waals surface area (Å²) < 4.78 is 0. The van der Waals surface area contributed by atoms with Crippen LogP contribution in [0.15, 0.2) is 40.9 Å². The molecule has 3 rings (SSSR count). The number of carbonyl (C=O) groups is 4. The van der Waals surface area contributed by atoms with Crippen LogP contribution in [0.3, 0.4) is 0 Å². The summed E-state index contributed by atoms with van der Waals surface area (Å²) in [5.41, 5.74) is 0.431. The summed E-state index contributed by atoms with van der Waals surface area (Å²) in [6.07, 6.45) is 0. The number of nitrogens with one attached hydrogen (secondary N) is 4. The first-order valence-corrected chi connectivity index (χ1v) is 10.2. The minimum atomic E-state index is -1.10. The van der Waals surface area contributed by atoms with Gasteiger partial charge in [0.1, 0.15) is 30.8 Å². The lowest BCUT2D eigenvalue weighted by atomic mass is 9.97. The quantitative estimate of drug-likeness (QED) is 0.191. The van der Waals surface area contributed by atoms with Crippen LogP contribution < -0.4 is 21.3 Å². The van der Waals surface area contributed by atoms with Gasteiger partial charge < -0.3 is 26.1 Å². The maximum Gasteiger partial charge on any atom is 0.276 e. The lowest BCUT2D eigenvalue weighted by molar-refractivity contribution is -0.140. The van der Waals surface area contributed by atoms with E-state index in [2.05, 4.69) is 31.4 Å². The van der Waals surface area contributed by atoms with Gasteiger partial charge in [0, 0.05) is 11.1 Å². The molecular formula is C18H17ClN6O5S. The fourth-order valence-corrected chi connectivity index (χ4v) is 3.37. The highest BCUT2D eigenvalue weighted by atomic mass is 35.5. The van der Waals surface area contributed by atoms with Gasteiger partial charge in [-0.05, 0) is 12.1 Å². The van der Waals surface area contributed by atoms with Crippen molar-refractivity contribution in [2.45, 2.75) is 12.1 Å². The minimum absolute atomic E-state index is 0.110. The lowest BCUT2D eigenvalue weighted by Gasteiger charge is -2.35. The van der Waals surface area contributed by atoms with Gasteiger partial charge in [0.15, 0.2) is 10.8 Å². The second kappa shape index (κ2) is 10.00. The van der Waals surface area contributed by atoms with Crippen molar-refractivity contribution >= 4 is 63.1 Å². The molecule has 2 heterocycles. The van der Waals surface area contributed by atoms with E-state index in [1.54, 1.807) is 30.3 Å². The van der Waals surface area contributed by atoms with E-state index in [1.807, 2.05) is 0 Å². The number of hydrogen-bond acceptors (Lipinski definition) is 8. The van der Waals surface area contributed by atoms with Crippen molar-refractivity contribution in [2.75, 3.05) is 23.6 Å². The number of halogens is 1. The Morgan fingerprint density at radius 1 is 1.26 bits per heavy atom. The Kier molecular flexibility index (Phi) is 7.15. The number of β-lactam (4-membered cyclic amide) rings is 1. The summed E-state index contributed by atoms with van der Waals surface area (Å²) in [5.74, 6) is -2.50. The van der Waals surface area contributed by atoms with E-state index >= 15 is 0 Å². The van der Waals surface area contributed by atoms with E-state index in [1.165, 1.54) is 12.5 Å². The lowest BCUT2D eigenvalue weighted by Crippen LogP contribution is -2.73. The van der Waals surface area contributed by atoms with Crippen molar-refractivity contribution in [1.82, 2.24) is 15.6 Å². The number of hydrogen-bond donors (Lipinski definition) is 4. The summed E-state index contributed by atoms with van der Waals surface area (Å²) in [6, 6.07) is 6.61. The first-order valence-electron chi connectivity index (χ1n) is 8.83. The van der Waals surface area contributed by atoms with Crippen LogP contribution >= 0.6 is 22.9 Å². The van der Waals surface area contributed by atoms with Gasteiger partial charge in [-0.25, -0.2) is 4.98 Å². The number of benzene rings is 1. The van der Waals surface area contributed by atoms with Crippen LogP contribution in [0, 0.1) is 0 Å². The molecule has 1 aromatic heterocycles. The second-order valence-electron chi connectivity index (χ2n) is 6.13. The molecule has 11 nitrogen and oxygen atoms in total. The maximum absolute atomic E-state index is 12.7. The van der Waals surface area contributed by atoms with Gasteiger partial charge in [0.05, 0.1) is 0 Å². The summed E-state index contributed by atoms with van der Waals surface area (Å²) in [7, 11) is 1.24. The molecule has 4 amide bonds. The van der Waals surface area contributed by atoms with Crippen LogP contribution in [0.2, 0.25) is 0 Å². The highest BCUT2D eigenvalue weighted by Gasteiger charge is 2.45. The highest BCUT2D eigenvalue weighted by molar-refractivity contribution is 7.14. The average Bonchev–Trinajstić information content (AvgIpc) is 3.22. The normalized spacial score (nSPS) is 17.7. The molecule has 2 atom stereocenters. The Hall–Kier alpha value is -3.51. The smallest absolute Gasteiger partial charge is 0.276 e. The SMILES string of the molecule is CON=C(C(=O)NC1C(=O)NC1C(=O)Nc1ccccc1)c1csc(NC(=O)CCl)n1. The number of carbonyl (C=O) groups excluding carboxylic acids is 4. The van der Waals surface area contributed by atoms with Crippen molar-refractivity contribution in [3.8, 4) is 0 Å². The van der Waals surface area contributed by atoms with Crippen LogP contribution in [0.5, 0.6) is 0 Å². The fourth-order valence-electron chi connectivity index (χ4n) is 2.59. The molecule has 2 aromatic rings. The van der Waals surface area contributed by atoms with E-state index in [-0.39, 0.29) is 22.4 Å². The number of nitrogens with zero attached hydrogens (tertiary/aromatic N) is 2. The molecule has 0 saturated carbocycles. The predicted molar refractivity (Wildman–Crippen MR) is 114 cm³/mol. The van der Waals surface area contributed by atoms with Gasteiger partial charge in [-0.3, -0.25) is 19.2 Å². The van der Waals surface area contributed by atoms with Gasteiger partial charge in [0.2, 0.25) is 17.7 Å². The Balaban J connectivity index is 1.68. The van der Waals surface area contributed by atoms with Crippen LogP contribution in [-0.2, 0) is 24.0 Å². The molecule has 1 aromatic carbocycles. The zero-order valence-electron chi connectivity index (χ0n) is 16.0. The van der Waals surface area contributed by atoms with Gasteiger partial charge in [-0.15, -0.1) is 22.9 Å². The number of amides is 4. The van der Waals surface area contributed by atoms with E-state index < -0.39 is 35.7 Å². The van der Waals surface area contributed by atoms with Crippen molar-refractivity contribution in [2.24, 2.45) is 5.16 Å². The molecule has 13 heteroatoms. The number of alkyl halides is 1. The van der Waals surface area contributed by atoms with Crippen LogP contribution in [0.1, 0.15) is 5.69 Å². The summed E-state index contributed by atoms with van der Waals surface area (Å²) >= 11 is 6.49. The molecule has 0 radical (unpaired) electrons. The van der Waals surface area contributed by atoms with Crippen molar-refractivity contribution in [3.63, 3.8) is 0 Å².